The Bertz CT molecular complexity index is 2430. The minimum atomic E-state index is -0.600. The Hall–Kier alpha value is -6.64. The van der Waals surface area contributed by atoms with Gasteiger partial charge < -0.3 is 9.64 Å². The van der Waals surface area contributed by atoms with E-state index in [4.69, 9.17) is 4.74 Å². The van der Waals surface area contributed by atoms with Crippen LogP contribution in [0.2, 0.25) is 0 Å². The van der Waals surface area contributed by atoms with Gasteiger partial charge in [0.05, 0.1) is 11.1 Å². The van der Waals surface area contributed by atoms with Gasteiger partial charge in [0.2, 0.25) is 0 Å². The number of nitrogens with zero attached hydrogens (tertiary/aromatic N) is 1. The van der Waals surface area contributed by atoms with Crippen molar-refractivity contribution >= 4 is 17.1 Å². The van der Waals surface area contributed by atoms with Crippen LogP contribution in [-0.4, -0.2) is 0 Å². The fourth-order valence-corrected chi connectivity index (χ4v) is 7.87. The summed E-state index contributed by atoms with van der Waals surface area (Å²) < 4.78 is 7.06. The lowest BCUT2D eigenvalue weighted by atomic mass is 9.63. The molecule has 8 aromatic carbocycles. The molecule has 0 aromatic heterocycles. The molecule has 0 saturated carbocycles. The summed E-state index contributed by atoms with van der Waals surface area (Å²) in [4.78, 5) is 2.34. The molecule has 1 aliphatic rings. The summed E-state index contributed by atoms with van der Waals surface area (Å²) in [5.74, 6) is 1.70. The summed E-state index contributed by atoms with van der Waals surface area (Å²) in [6.07, 6.45) is 0. The minimum Gasteiger partial charge on any atom is -0.454 e. The second kappa shape index (κ2) is 13.2. The van der Waals surface area contributed by atoms with Gasteiger partial charge in [-0.3, -0.25) is 0 Å². The van der Waals surface area contributed by atoms with E-state index in [1.807, 2.05) is 0 Å². The molecule has 2 nitrogen and oxygen atoms in total. The molecule has 1 heterocycles. The fourth-order valence-electron chi connectivity index (χ4n) is 7.87. The number of aryl methyl sites for hydroxylation is 1. The second-order valence-electron chi connectivity index (χ2n) is 13.4. The molecule has 0 aliphatic carbocycles. The van der Waals surface area contributed by atoms with E-state index in [2.05, 4.69) is 218 Å². The number of ether oxygens (including phenoxy) is 1. The Morgan fingerprint density at radius 1 is 0.404 bits per heavy atom. The monoisotopic (exact) mass is 667 g/mol. The van der Waals surface area contributed by atoms with Gasteiger partial charge >= 0.3 is 0 Å². The third-order valence-corrected chi connectivity index (χ3v) is 10.3. The van der Waals surface area contributed by atoms with Crippen molar-refractivity contribution < 1.29 is 4.74 Å². The predicted molar refractivity (Wildman–Crippen MR) is 215 cm³/mol. The van der Waals surface area contributed by atoms with Crippen LogP contribution in [0.4, 0.5) is 17.1 Å². The lowest BCUT2D eigenvalue weighted by Crippen LogP contribution is -2.34. The van der Waals surface area contributed by atoms with Gasteiger partial charge in [0.25, 0.3) is 0 Å². The molecule has 0 fully saturated rings. The Labute approximate surface area is 305 Å². The zero-order valence-electron chi connectivity index (χ0n) is 29.0. The van der Waals surface area contributed by atoms with E-state index in [0.29, 0.717) is 0 Å². The molecular weight excluding hydrogens is 631 g/mol. The first-order valence-electron chi connectivity index (χ1n) is 17.8. The molecule has 0 atom stereocenters. The molecule has 0 saturated heterocycles. The normalized spacial score (nSPS) is 12.6. The fraction of sp³-hybridized carbons (Fsp3) is 0.0400. The van der Waals surface area contributed by atoms with E-state index in [9.17, 15) is 0 Å². The average Bonchev–Trinajstić information content (AvgIpc) is 3.22. The number of para-hydroxylation sites is 2. The quantitative estimate of drug-likeness (QED) is 0.168. The van der Waals surface area contributed by atoms with Gasteiger partial charge in [0.15, 0.2) is 5.75 Å². The van der Waals surface area contributed by atoms with Crippen LogP contribution < -0.4 is 9.64 Å². The summed E-state index contributed by atoms with van der Waals surface area (Å²) in [5, 5.41) is 0. The molecule has 0 amide bonds. The second-order valence-corrected chi connectivity index (χ2v) is 13.4. The molecule has 8 aromatic rings. The zero-order chi connectivity index (χ0) is 34.9. The summed E-state index contributed by atoms with van der Waals surface area (Å²) in [6.45, 7) is 2.15. The van der Waals surface area contributed by atoms with Crippen molar-refractivity contribution in [3.05, 3.63) is 234 Å². The number of benzene rings is 8. The van der Waals surface area contributed by atoms with E-state index in [0.717, 1.165) is 39.7 Å². The third-order valence-electron chi connectivity index (χ3n) is 10.3. The van der Waals surface area contributed by atoms with Gasteiger partial charge in [-0.15, -0.1) is 0 Å². The van der Waals surface area contributed by atoms with Crippen molar-refractivity contribution in [2.45, 2.75) is 12.3 Å². The molecule has 9 rings (SSSR count). The molecule has 0 radical (unpaired) electrons. The summed E-state index contributed by atoms with van der Waals surface area (Å²) in [5.41, 5.74) is 13.1. The van der Waals surface area contributed by atoms with Crippen LogP contribution in [0.25, 0.3) is 22.3 Å². The Morgan fingerprint density at radius 2 is 0.904 bits per heavy atom. The number of hydrogen-bond donors (Lipinski definition) is 0. The lowest BCUT2D eigenvalue weighted by Gasteiger charge is -2.43. The van der Waals surface area contributed by atoms with Gasteiger partial charge in [-0.2, -0.15) is 0 Å². The van der Waals surface area contributed by atoms with E-state index in [-0.39, 0.29) is 0 Å². The summed E-state index contributed by atoms with van der Waals surface area (Å²) in [7, 11) is 0. The molecule has 0 N–H and O–H groups in total. The average molecular weight is 668 g/mol. The third kappa shape index (κ3) is 5.37. The van der Waals surface area contributed by atoms with Gasteiger partial charge in [0.1, 0.15) is 5.75 Å². The number of anilines is 3. The highest BCUT2D eigenvalue weighted by atomic mass is 16.5. The molecule has 52 heavy (non-hydrogen) atoms. The van der Waals surface area contributed by atoms with Crippen LogP contribution in [0.5, 0.6) is 11.5 Å². The van der Waals surface area contributed by atoms with Crippen molar-refractivity contribution in [3.63, 3.8) is 0 Å². The Balaban J connectivity index is 1.22. The highest BCUT2D eigenvalue weighted by molar-refractivity contribution is 5.85. The van der Waals surface area contributed by atoms with Gasteiger partial charge in [-0.1, -0.05) is 170 Å². The van der Waals surface area contributed by atoms with Crippen LogP contribution in [0.15, 0.2) is 206 Å². The number of hydrogen-bond acceptors (Lipinski definition) is 2. The van der Waals surface area contributed by atoms with Gasteiger partial charge in [-0.25, -0.2) is 0 Å². The van der Waals surface area contributed by atoms with Crippen LogP contribution in [0.1, 0.15) is 27.8 Å². The highest BCUT2D eigenvalue weighted by Gasteiger charge is 2.46. The standard InChI is InChI=1S/C50H37NO/c1-36-15-13-22-44(35-36)51(43-33-31-40(32-34-43)39-29-27-38(28-30-39)37-16-5-2-6-17-37)47-25-14-24-46-49(47)52-48-26-12-11-23-45(48)50(46,41-18-7-3-8-19-41)42-20-9-4-10-21-42/h2-35H,1H3. The van der Waals surface area contributed by atoms with E-state index < -0.39 is 5.41 Å². The molecule has 1 aliphatic heterocycles. The van der Waals surface area contributed by atoms with Crippen molar-refractivity contribution in [3.8, 4) is 33.8 Å². The maximum Gasteiger partial charge on any atom is 0.156 e. The molecule has 2 heteroatoms. The molecule has 0 unspecified atom stereocenters. The topological polar surface area (TPSA) is 12.5 Å². The largest absolute Gasteiger partial charge is 0.454 e. The maximum atomic E-state index is 7.06. The lowest BCUT2D eigenvalue weighted by molar-refractivity contribution is 0.435. The Morgan fingerprint density at radius 3 is 1.52 bits per heavy atom. The SMILES string of the molecule is Cc1cccc(N(c2ccc(-c3ccc(-c4ccccc4)cc3)cc2)c2cccc3c2Oc2ccccc2C3(c2ccccc2)c2ccccc2)c1. The predicted octanol–water partition coefficient (Wildman–Crippen LogP) is 13.3. The summed E-state index contributed by atoms with van der Waals surface area (Å²) in [6, 6.07) is 73.7. The van der Waals surface area contributed by atoms with Crippen molar-refractivity contribution in [2.24, 2.45) is 0 Å². The zero-order valence-corrected chi connectivity index (χ0v) is 29.0. The number of rotatable bonds is 7. The van der Waals surface area contributed by atoms with Crippen LogP contribution >= 0.6 is 0 Å². The van der Waals surface area contributed by atoms with Crippen LogP contribution in [-0.2, 0) is 5.41 Å². The van der Waals surface area contributed by atoms with E-state index >= 15 is 0 Å². The first-order valence-corrected chi connectivity index (χ1v) is 17.8. The molecule has 0 bridgehead atoms. The highest BCUT2D eigenvalue weighted by Crippen LogP contribution is 2.58. The van der Waals surface area contributed by atoms with Crippen LogP contribution in [0, 0.1) is 6.92 Å². The molecular formula is C50H37NO. The van der Waals surface area contributed by atoms with E-state index in [1.165, 1.54) is 38.9 Å². The van der Waals surface area contributed by atoms with Gasteiger partial charge in [-0.05, 0) is 82.3 Å². The van der Waals surface area contributed by atoms with Crippen molar-refractivity contribution in [2.75, 3.05) is 4.90 Å². The first kappa shape index (κ1) is 31.3. The molecule has 248 valence electrons. The Kier molecular flexibility index (Phi) is 7.98. The van der Waals surface area contributed by atoms with Crippen molar-refractivity contribution in [1.82, 2.24) is 0 Å². The smallest absolute Gasteiger partial charge is 0.156 e. The van der Waals surface area contributed by atoms with Crippen molar-refractivity contribution in [1.29, 1.82) is 0 Å². The maximum absolute atomic E-state index is 7.06. The first-order chi connectivity index (χ1) is 25.7. The summed E-state index contributed by atoms with van der Waals surface area (Å²) >= 11 is 0. The van der Waals surface area contributed by atoms with Gasteiger partial charge in [0, 0.05) is 22.5 Å². The van der Waals surface area contributed by atoms with Crippen LogP contribution in [0.3, 0.4) is 0 Å². The number of fused-ring (bicyclic) bond motifs is 2. The molecule has 0 spiro atoms. The van der Waals surface area contributed by atoms with E-state index in [1.54, 1.807) is 0 Å². The minimum absolute atomic E-state index is 0.600.